The Morgan fingerprint density at radius 3 is 2.47 bits per heavy atom. The van der Waals surface area contributed by atoms with E-state index in [-0.39, 0.29) is 11.9 Å². The number of hydrogen-bond acceptors (Lipinski definition) is 10. The molecule has 12 nitrogen and oxygen atoms in total. The van der Waals surface area contributed by atoms with Crippen molar-refractivity contribution in [3.05, 3.63) is 52.6 Å². The van der Waals surface area contributed by atoms with E-state index in [4.69, 9.17) is 19.9 Å². The predicted molar refractivity (Wildman–Crippen MR) is 130 cm³/mol. The van der Waals surface area contributed by atoms with Crippen molar-refractivity contribution in [1.29, 1.82) is 0 Å². The molecule has 3 heterocycles. The van der Waals surface area contributed by atoms with E-state index in [2.05, 4.69) is 15.6 Å². The molecule has 2 aliphatic rings. The van der Waals surface area contributed by atoms with Crippen molar-refractivity contribution in [1.82, 2.24) is 14.9 Å². The van der Waals surface area contributed by atoms with E-state index in [1.807, 2.05) is 6.92 Å². The van der Waals surface area contributed by atoms with E-state index in [1.165, 1.54) is 16.8 Å². The molecule has 36 heavy (non-hydrogen) atoms. The maximum atomic E-state index is 12.7. The third kappa shape index (κ3) is 5.59. The highest BCUT2D eigenvalue weighted by atomic mass is 16.7. The predicted octanol–water partition coefficient (Wildman–Crippen LogP) is 0.215. The van der Waals surface area contributed by atoms with Gasteiger partial charge in [-0.05, 0) is 64.1 Å². The second-order valence-electron chi connectivity index (χ2n) is 9.13. The molecule has 0 bridgehead atoms. The van der Waals surface area contributed by atoms with E-state index in [0.717, 1.165) is 0 Å². The van der Waals surface area contributed by atoms with Crippen LogP contribution in [0, 0.1) is 0 Å². The van der Waals surface area contributed by atoms with E-state index in [9.17, 15) is 19.8 Å². The summed E-state index contributed by atoms with van der Waals surface area (Å²) < 4.78 is 19.1. The largest absolute Gasteiger partial charge is 0.399 e. The van der Waals surface area contributed by atoms with Gasteiger partial charge in [0.1, 0.15) is 24.3 Å². The first kappa shape index (κ1) is 26.2. The van der Waals surface area contributed by atoms with Crippen molar-refractivity contribution < 1.29 is 29.2 Å². The number of aliphatic hydroxyl groups excluding tert-OH is 2. The van der Waals surface area contributed by atoms with Gasteiger partial charge in [0.2, 0.25) is 0 Å². The highest BCUT2D eigenvalue weighted by Crippen LogP contribution is 2.31. The standard InChI is InChI=1S/C24H33N5O7/c1-12-16(36-23-21(31)20(30)19(26-3)13(2)35-23)8-9-18(34-12)29-11-10-17(28-24(29)33)27-22(32)14-4-6-15(25)7-5-14/h4-7,10-13,16,18-21,23,26,30-31H,8-9,25H2,1-3H3,(H,27,28,32,33)/t12-,13-,16+,18?,19-,20+,21-,23-/m1/s1. The van der Waals surface area contributed by atoms with Crippen LogP contribution in [0.15, 0.2) is 41.3 Å². The van der Waals surface area contributed by atoms with Crippen LogP contribution in [0.1, 0.15) is 43.3 Å². The minimum atomic E-state index is -1.22. The molecule has 6 N–H and O–H groups in total. The van der Waals surface area contributed by atoms with Crippen molar-refractivity contribution in [3.63, 3.8) is 0 Å². The Balaban J connectivity index is 1.36. The number of anilines is 2. The van der Waals surface area contributed by atoms with Crippen molar-refractivity contribution in [3.8, 4) is 0 Å². The minimum Gasteiger partial charge on any atom is -0.399 e. The monoisotopic (exact) mass is 503 g/mol. The van der Waals surface area contributed by atoms with Crippen molar-refractivity contribution >= 4 is 17.4 Å². The van der Waals surface area contributed by atoms with Gasteiger partial charge in [-0.3, -0.25) is 9.36 Å². The number of rotatable bonds is 6. The molecule has 2 aliphatic heterocycles. The fourth-order valence-corrected chi connectivity index (χ4v) is 4.57. The summed E-state index contributed by atoms with van der Waals surface area (Å²) in [6, 6.07) is 7.51. The summed E-state index contributed by atoms with van der Waals surface area (Å²) in [5.41, 5.74) is 6.01. The van der Waals surface area contributed by atoms with Crippen molar-refractivity contribution in [2.75, 3.05) is 18.1 Å². The van der Waals surface area contributed by atoms with Gasteiger partial charge in [-0.25, -0.2) is 4.79 Å². The lowest BCUT2D eigenvalue weighted by atomic mass is 9.97. The molecule has 2 aromatic rings. The molecule has 2 saturated heterocycles. The highest BCUT2D eigenvalue weighted by Gasteiger charge is 2.44. The second-order valence-corrected chi connectivity index (χ2v) is 9.13. The highest BCUT2D eigenvalue weighted by molar-refractivity contribution is 6.03. The molecule has 1 aromatic carbocycles. The second kappa shape index (κ2) is 11.0. The van der Waals surface area contributed by atoms with Gasteiger partial charge in [-0.15, -0.1) is 0 Å². The number of aromatic nitrogens is 2. The zero-order chi connectivity index (χ0) is 26.0. The average Bonchev–Trinajstić information content (AvgIpc) is 2.84. The Labute approximate surface area is 208 Å². The molecule has 4 rings (SSSR count). The summed E-state index contributed by atoms with van der Waals surface area (Å²) in [5.74, 6) is -0.283. The number of benzene rings is 1. The Bertz CT molecular complexity index is 1110. The maximum absolute atomic E-state index is 12.7. The van der Waals surface area contributed by atoms with Crippen LogP contribution < -0.4 is 22.1 Å². The van der Waals surface area contributed by atoms with Crippen LogP contribution in [-0.4, -0.2) is 75.6 Å². The number of likely N-dealkylation sites (N-methyl/N-ethyl adjacent to an activating group) is 1. The minimum absolute atomic E-state index is 0.124. The Morgan fingerprint density at radius 1 is 1.11 bits per heavy atom. The van der Waals surface area contributed by atoms with Crippen molar-refractivity contribution in [2.24, 2.45) is 0 Å². The molecule has 1 unspecified atom stereocenters. The van der Waals surface area contributed by atoms with E-state index in [1.54, 1.807) is 38.2 Å². The number of aliphatic hydroxyl groups is 2. The van der Waals surface area contributed by atoms with Gasteiger partial charge in [-0.2, -0.15) is 4.98 Å². The summed E-state index contributed by atoms with van der Waals surface area (Å²) in [7, 11) is 1.69. The molecular weight excluding hydrogens is 470 g/mol. The molecule has 12 heteroatoms. The topological polar surface area (TPSA) is 170 Å². The fraction of sp³-hybridized carbons (Fsp3) is 0.542. The number of ether oxygens (including phenoxy) is 3. The number of carbonyl (C=O) groups excluding carboxylic acids is 1. The molecule has 0 radical (unpaired) electrons. The van der Waals surface area contributed by atoms with Crippen LogP contribution in [0.25, 0.3) is 0 Å². The molecule has 0 aliphatic carbocycles. The maximum Gasteiger partial charge on any atom is 0.351 e. The van der Waals surface area contributed by atoms with Gasteiger partial charge in [0, 0.05) is 17.4 Å². The summed E-state index contributed by atoms with van der Waals surface area (Å²) in [6.07, 6.45) is -2.52. The first-order chi connectivity index (χ1) is 17.2. The third-order valence-corrected chi connectivity index (χ3v) is 6.64. The summed E-state index contributed by atoms with van der Waals surface area (Å²) in [6.45, 7) is 3.60. The van der Waals surface area contributed by atoms with Crippen LogP contribution in [-0.2, 0) is 14.2 Å². The molecule has 0 saturated carbocycles. The van der Waals surface area contributed by atoms with Gasteiger partial charge >= 0.3 is 5.69 Å². The van der Waals surface area contributed by atoms with Crippen LogP contribution >= 0.6 is 0 Å². The molecule has 1 amide bonds. The lowest BCUT2D eigenvalue weighted by molar-refractivity contribution is -0.303. The lowest BCUT2D eigenvalue weighted by Gasteiger charge is -2.44. The van der Waals surface area contributed by atoms with Crippen LogP contribution in [0.4, 0.5) is 11.5 Å². The van der Waals surface area contributed by atoms with Crippen LogP contribution in [0.3, 0.4) is 0 Å². The van der Waals surface area contributed by atoms with E-state index >= 15 is 0 Å². The van der Waals surface area contributed by atoms with Gasteiger partial charge in [0.05, 0.1) is 24.4 Å². The first-order valence-corrected chi connectivity index (χ1v) is 11.9. The van der Waals surface area contributed by atoms with Gasteiger partial charge in [0.25, 0.3) is 5.91 Å². The summed E-state index contributed by atoms with van der Waals surface area (Å²) in [5, 5.41) is 26.4. The Kier molecular flexibility index (Phi) is 8.03. The zero-order valence-electron chi connectivity index (χ0n) is 20.4. The fourth-order valence-electron chi connectivity index (χ4n) is 4.57. The molecule has 2 fully saturated rings. The number of nitrogen functional groups attached to an aromatic ring is 1. The SMILES string of the molecule is CN[C@H]1[C@H](O)[C@@H](O)[C@@H](O[C@H]2CCC(n3ccc(NC(=O)c4ccc(N)cc4)nc3=O)O[C@@H]2C)O[C@@H]1C. The third-order valence-electron chi connectivity index (χ3n) is 6.64. The molecule has 0 spiro atoms. The van der Waals surface area contributed by atoms with Crippen LogP contribution in [0.2, 0.25) is 0 Å². The molecule has 1 aromatic heterocycles. The molecular formula is C24H33N5O7. The molecule has 8 atom stereocenters. The number of hydrogen-bond donors (Lipinski definition) is 5. The summed E-state index contributed by atoms with van der Waals surface area (Å²) >= 11 is 0. The van der Waals surface area contributed by atoms with Gasteiger partial charge in [0.15, 0.2) is 6.29 Å². The Morgan fingerprint density at radius 2 is 1.83 bits per heavy atom. The lowest BCUT2D eigenvalue weighted by Crippen LogP contribution is -2.62. The number of nitrogens with one attached hydrogen (secondary N) is 2. The van der Waals surface area contributed by atoms with Gasteiger partial charge in [-0.1, -0.05) is 0 Å². The number of amides is 1. The first-order valence-electron chi connectivity index (χ1n) is 11.9. The van der Waals surface area contributed by atoms with E-state index < -0.39 is 54.6 Å². The number of nitrogens with zero attached hydrogens (tertiary/aromatic N) is 2. The normalized spacial score (nSPS) is 32.7. The summed E-state index contributed by atoms with van der Waals surface area (Å²) in [4.78, 5) is 29.0. The van der Waals surface area contributed by atoms with Crippen LogP contribution in [0.5, 0.6) is 0 Å². The number of carbonyl (C=O) groups is 1. The van der Waals surface area contributed by atoms with Crippen molar-refractivity contribution in [2.45, 2.75) is 75.8 Å². The van der Waals surface area contributed by atoms with Gasteiger partial charge < -0.3 is 40.8 Å². The van der Waals surface area contributed by atoms with E-state index in [0.29, 0.717) is 24.1 Å². The smallest absolute Gasteiger partial charge is 0.351 e. The zero-order valence-corrected chi connectivity index (χ0v) is 20.4. The quantitative estimate of drug-likeness (QED) is 0.344. The molecule has 196 valence electrons. The Hall–Kier alpha value is -2.87. The number of nitrogens with two attached hydrogens (primary N) is 1. The average molecular weight is 504 g/mol.